The highest BCUT2D eigenvalue weighted by atomic mass is 19.1. The molecule has 1 aliphatic heterocycles. The van der Waals surface area contributed by atoms with Crippen molar-refractivity contribution in [1.82, 2.24) is 0 Å². The number of rotatable bonds is 8. The fourth-order valence-electron chi connectivity index (χ4n) is 5.72. The molecule has 4 nitrogen and oxygen atoms in total. The van der Waals surface area contributed by atoms with E-state index in [4.69, 9.17) is 14.5 Å². The fourth-order valence-corrected chi connectivity index (χ4v) is 5.72. The van der Waals surface area contributed by atoms with Gasteiger partial charge in [0.25, 0.3) is 0 Å². The molecule has 40 heavy (non-hydrogen) atoms. The van der Waals surface area contributed by atoms with Crippen LogP contribution in [0.2, 0.25) is 0 Å². The van der Waals surface area contributed by atoms with Crippen molar-refractivity contribution in [2.75, 3.05) is 11.9 Å². The average Bonchev–Trinajstić information content (AvgIpc) is 3.47. The molecule has 0 fully saturated rings. The van der Waals surface area contributed by atoms with Gasteiger partial charge in [-0.15, -0.1) is 0 Å². The summed E-state index contributed by atoms with van der Waals surface area (Å²) < 4.78 is 25.7. The van der Waals surface area contributed by atoms with E-state index in [1.54, 1.807) is 18.2 Å². The fraction of sp³-hybridized carbons (Fsp3) is 0.229. The molecule has 2 aliphatic rings. The zero-order valence-electron chi connectivity index (χ0n) is 22.8. The number of hydrogen-bond acceptors (Lipinski definition) is 4. The minimum absolute atomic E-state index is 0.130. The number of nitrogens with zero attached hydrogens (tertiary/aromatic N) is 1. The van der Waals surface area contributed by atoms with Gasteiger partial charge in [-0.2, -0.15) is 0 Å². The van der Waals surface area contributed by atoms with Crippen LogP contribution in [0.25, 0.3) is 0 Å². The molecule has 1 N–H and O–H groups in total. The second-order valence-corrected chi connectivity index (χ2v) is 10.4. The van der Waals surface area contributed by atoms with Crippen LogP contribution in [0.1, 0.15) is 53.1 Å². The van der Waals surface area contributed by atoms with Crippen LogP contribution in [-0.2, 0) is 6.61 Å². The quantitative estimate of drug-likeness (QED) is 0.182. The number of nitrogens with one attached hydrogen (secondary N) is 1. The maximum Gasteiger partial charge on any atom is 0.161 e. The molecule has 0 saturated heterocycles. The summed E-state index contributed by atoms with van der Waals surface area (Å²) >= 11 is 0. The number of aliphatic imine (C=N–C) groups is 1. The first-order valence-electron chi connectivity index (χ1n) is 13.9. The smallest absolute Gasteiger partial charge is 0.161 e. The number of halogens is 1. The predicted molar refractivity (Wildman–Crippen MR) is 160 cm³/mol. The van der Waals surface area contributed by atoms with Crippen molar-refractivity contribution in [3.63, 3.8) is 0 Å². The van der Waals surface area contributed by atoms with E-state index in [9.17, 15) is 4.39 Å². The monoisotopic (exact) mass is 532 g/mol. The molecule has 0 radical (unpaired) electrons. The Hall–Kier alpha value is -4.38. The first kappa shape index (κ1) is 25.9. The zero-order valence-corrected chi connectivity index (χ0v) is 22.8. The van der Waals surface area contributed by atoms with Gasteiger partial charge in [0, 0.05) is 23.4 Å². The molecular formula is C35H33FN2O2. The van der Waals surface area contributed by atoms with Crippen molar-refractivity contribution in [1.29, 1.82) is 0 Å². The van der Waals surface area contributed by atoms with Gasteiger partial charge in [-0.25, -0.2) is 4.39 Å². The predicted octanol–water partition coefficient (Wildman–Crippen LogP) is 8.69. The molecule has 0 amide bonds. The van der Waals surface area contributed by atoms with Gasteiger partial charge in [-0.3, -0.25) is 4.99 Å². The molecular weight excluding hydrogens is 499 g/mol. The Bertz CT molecular complexity index is 1560. The summed E-state index contributed by atoms with van der Waals surface area (Å²) in [6.45, 7) is 4.71. The van der Waals surface area contributed by atoms with Crippen LogP contribution in [0.3, 0.4) is 0 Å². The molecule has 5 heteroatoms. The summed E-state index contributed by atoms with van der Waals surface area (Å²) in [6.07, 6.45) is 7.61. The number of allylic oxidation sites excluding steroid dienone is 2. The molecule has 4 aromatic rings. The molecule has 202 valence electrons. The molecule has 1 heterocycles. The molecule has 4 aromatic carbocycles. The SMILES string of the molecule is CCOc1cc(C=Nc2ccc([C@@H]3Nc4ccc(C)cc4[C@H]4C=CC[C@@H]43)cc2)ccc1OCc1ccccc1F. The van der Waals surface area contributed by atoms with Gasteiger partial charge in [0.1, 0.15) is 12.4 Å². The van der Waals surface area contributed by atoms with Gasteiger partial charge in [-0.05, 0) is 85.3 Å². The van der Waals surface area contributed by atoms with E-state index in [2.05, 4.69) is 66.9 Å². The molecule has 6 rings (SSSR count). The Morgan fingerprint density at radius 2 is 1.80 bits per heavy atom. The normalized spacial score (nSPS) is 19.2. The molecule has 0 spiro atoms. The van der Waals surface area contributed by atoms with E-state index >= 15 is 0 Å². The Labute approximate surface area is 235 Å². The highest BCUT2D eigenvalue weighted by molar-refractivity contribution is 5.83. The standard InChI is InChI=1S/C35H33FN2O2/c1-3-39-34-20-24(12-18-33(34)40-22-26-7-4-5-10-31(26)36)21-37-27-15-13-25(14-16-27)35-29-9-6-8-28(29)30-19-23(2)11-17-32(30)38-35/h4-8,10-21,28-29,35,38H,3,9,22H2,1-2H3/t28-,29-,35-/m0/s1. The van der Waals surface area contributed by atoms with Crippen LogP contribution < -0.4 is 14.8 Å². The van der Waals surface area contributed by atoms with Gasteiger partial charge in [0.15, 0.2) is 11.5 Å². The number of aryl methyl sites for hydroxylation is 1. The Balaban J connectivity index is 1.16. The summed E-state index contributed by atoms with van der Waals surface area (Å²) in [5.74, 6) is 1.87. The largest absolute Gasteiger partial charge is 0.490 e. The molecule has 0 bridgehead atoms. The Kier molecular flexibility index (Phi) is 7.37. The van der Waals surface area contributed by atoms with Crippen LogP contribution in [0, 0.1) is 18.7 Å². The van der Waals surface area contributed by atoms with Crippen molar-refractivity contribution in [2.24, 2.45) is 10.9 Å². The molecule has 1 aliphatic carbocycles. The van der Waals surface area contributed by atoms with Crippen molar-refractivity contribution < 1.29 is 13.9 Å². The highest BCUT2D eigenvalue weighted by Crippen LogP contribution is 2.50. The van der Waals surface area contributed by atoms with Gasteiger partial charge in [-0.1, -0.05) is 60.2 Å². The maximum atomic E-state index is 14.0. The van der Waals surface area contributed by atoms with Crippen LogP contribution in [-0.4, -0.2) is 12.8 Å². The summed E-state index contributed by atoms with van der Waals surface area (Å²) in [4.78, 5) is 4.71. The summed E-state index contributed by atoms with van der Waals surface area (Å²) in [7, 11) is 0. The van der Waals surface area contributed by atoms with E-state index in [-0.39, 0.29) is 18.5 Å². The van der Waals surface area contributed by atoms with Gasteiger partial charge < -0.3 is 14.8 Å². The maximum absolute atomic E-state index is 14.0. The third kappa shape index (κ3) is 5.37. The average molecular weight is 533 g/mol. The van der Waals surface area contributed by atoms with E-state index < -0.39 is 0 Å². The Morgan fingerprint density at radius 3 is 2.62 bits per heavy atom. The van der Waals surface area contributed by atoms with Gasteiger partial charge in [0.05, 0.1) is 18.3 Å². The highest BCUT2D eigenvalue weighted by Gasteiger charge is 2.37. The van der Waals surface area contributed by atoms with E-state index in [1.807, 2.05) is 31.3 Å². The van der Waals surface area contributed by atoms with Crippen LogP contribution in [0.4, 0.5) is 15.8 Å². The van der Waals surface area contributed by atoms with Crippen molar-refractivity contribution in [2.45, 2.75) is 38.8 Å². The minimum atomic E-state index is -0.283. The topological polar surface area (TPSA) is 42.8 Å². The summed E-state index contributed by atoms with van der Waals surface area (Å²) in [6, 6.07) is 27.8. The number of hydrogen-bond donors (Lipinski definition) is 1. The number of anilines is 1. The summed E-state index contributed by atoms with van der Waals surface area (Å²) in [5, 5.41) is 3.81. The zero-order chi connectivity index (χ0) is 27.5. The third-order valence-electron chi connectivity index (χ3n) is 7.74. The molecule has 0 unspecified atom stereocenters. The van der Waals surface area contributed by atoms with Crippen molar-refractivity contribution >= 4 is 17.6 Å². The van der Waals surface area contributed by atoms with E-state index in [1.165, 1.54) is 28.4 Å². The lowest BCUT2D eigenvalue weighted by atomic mass is 9.76. The van der Waals surface area contributed by atoms with Gasteiger partial charge in [0.2, 0.25) is 0 Å². The van der Waals surface area contributed by atoms with Crippen LogP contribution in [0.15, 0.2) is 102 Å². The molecule has 0 aromatic heterocycles. The lowest BCUT2D eigenvalue weighted by Gasteiger charge is -2.37. The second kappa shape index (κ2) is 11.4. The lowest BCUT2D eigenvalue weighted by molar-refractivity contribution is 0.266. The van der Waals surface area contributed by atoms with Crippen molar-refractivity contribution in [3.05, 3.63) is 131 Å². The van der Waals surface area contributed by atoms with Gasteiger partial charge >= 0.3 is 0 Å². The minimum Gasteiger partial charge on any atom is -0.490 e. The van der Waals surface area contributed by atoms with Crippen LogP contribution >= 0.6 is 0 Å². The number of fused-ring (bicyclic) bond motifs is 3. The molecule has 0 saturated carbocycles. The van der Waals surface area contributed by atoms with Crippen molar-refractivity contribution in [3.8, 4) is 11.5 Å². The number of benzene rings is 4. The lowest BCUT2D eigenvalue weighted by Crippen LogP contribution is -2.29. The van der Waals surface area contributed by atoms with E-state index in [0.717, 1.165) is 17.7 Å². The first-order valence-corrected chi connectivity index (χ1v) is 13.9. The molecule has 3 atom stereocenters. The third-order valence-corrected chi connectivity index (χ3v) is 7.74. The van der Waals surface area contributed by atoms with E-state index in [0.29, 0.717) is 35.5 Å². The summed E-state index contributed by atoms with van der Waals surface area (Å²) in [5.41, 5.74) is 7.50. The first-order chi connectivity index (χ1) is 19.6. The Morgan fingerprint density at radius 1 is 0.950 bits per heavy atom. The number of ether oxygens (including phenoxy) is 2. The van der Waals surface area contributed by atoms with Crippen LogP contribution in [0.5, 0.6) is 11.5 Å². The second-order valence-electron chi connectivity index (χ2n) is 10.4.